The summed E-state index contributed by atoms with van der Waals surface area (Å²) in [5, 5.41) is 31.0. The van der Waals surface area contributed by atoms with Gasteiger partial charge in [-0.3, -0.25) is 24.8 Å². The predicted molar refractivity (Wildman–Crippen MR) is 143 cm³/mol. The molecule has 0 unspecified atom stereocenters. The van der Waals surface area contributed by atoms with Crippen LogP contribution >= 0.6 is 27.7 Å². The van der Waals surface area contributed by atoms with Gasteiger partial charge in [0.05, 0.1) is 9.40 Å². The highest BCUT2D eigenvalue weighted by molar-refractivity contribution is 9.10. The third-order valence-corrected chi connectivity index (χ3v) is 7.29. The molecule has 0 bridgehead atoms. The first-order valence-corrected chi connectivity index (χ1v) is 12.8. The van der Waals surface area contributed by atoms with Crippen molar-refractivity contribution in [1.29, 1.82) is 0 Å². The number of nitro groups is 2. The summed E-state index contributed by atoms with van der Waals surface area (Å²) in [6.45, 7) is 3.65. The van der Waals surface area contributed by atoms with Crippen molar-refractivity contribution in [3.63, 3.8) is 0 Å². The lowest BCUT2D eigenvalue weighted by molar-refractivity contribution is -0.479. The summed E-state index contributed by atoms with van der Waals surface area (Å²) in [5.74, 6) is 1.19. The van der Waals surface area contributed by atoms with Crippen LogP contribution in [0.15, 0.2) is 76.4 Å². The van der Waals surface area contributed by atoms with Gasteiger partial charge in [-0.05, 0) is 65.2 Å². The van der Waals surface area contributed by atoms with E-state index in [-0.39, 0.29) is 23.8 Å². The second-order valence-electron chi connectivity index (χ2n) is 8.23. The highest BCUT2D eigenvalue weighted by Gasteiger charge is 2.24. The Hall–Kier alpha value is -3.77. The molecule has 0 N–H and O–H groups in total. The molecule has 0 fully saturated rings. The molecule has 0 aliphatic rings. The van der Waals surface area contributed by atoms with Crippen LogP contribution in [0.5, 0.6) is 5.75 Å². The van der Waals surface area contributed by atoms with E-state index in [1.54, 1.807) is 30.3 Å². The van der Waals surface area contributed by atoms with Gasteiger partial charge in [-0.25, -0.2) is 0 Å². The molecule has 10 nitrogen and oxygen atoms in total. The minimum atomic E-state index is -0.537. The zero-order valence-electron chi connectivity index (χ0n) is 19.9. The Balaban J connectivity index is 1.56. The number of hydrogen-bond donors (Lipinski definition) is 0. The van der Waals surface area contributed by atoms with Crippen molar-refractivity contribution in [3.05, 3.63) is 114 Å². The van der Waals surface area contributed by atoms with Gasteiger partial charge in [0.15, 0.2) is 5.16 Å². The van der Waals surface area contributed by atoms with Gasteiger partial charge in [0.1, 0.15) is 23.4 Å². The van der Waals surface area contributed by atoms with Crippen LogP contribution in [0.3, 0.4) is 0 Å². The van der Waals surface area contributed by atoms with Crippen LogP contribution in [0.1, 0.15) is 27.8 Å². The molecule has 0 aliphatic heterocycles. The SMILES string of the molecule is Cc1ccc(-n2c(C)nnc2S[C@H](C[N+](=O)[O-])c2ccc(OCc3cccc([N+](=O)[O-])c3)c(Br)c2)cc1. The maximum Gasteiger partial charge on any atom is 0.269 e. The number of benzene rings is 3. The lowest BCUT2D eigenvalue weighted by atomic mass is 10.1. The fourth-order valence-corrected chi connectivity index (χ4v) is 5.31. The predicted octanol–water partition coefficient (Wildman–Crippen LogP) is 6.24. The smallest absolute Gasteiger partial charge is 0.269 e. The summed E-state index contributed by atoms with van der Waals surface area (Å²) >= 11 is 4.76. The molecule has 190 valence electrons. The quantitative estimate of drug-likeness (QED) is 0.122. The number of aromatic nitrogens is 3. The molecule has 4 aromatic rings. The highest BCUT2D eigenvalue weighted by Crippen LogP contribution is 2.39. The third kappa shape index (κ3) is 6.52. The first-order valence-electron chi connectivity index (χ1n) is 11.1. The number of nitrogens with zero attached hydrogens (tertiary/aromatic N) is 5. The molecule has 0 saturated heterocycles. The van der Waals surface area contributed by atoms with E-state index < -0.39 is 10.2 Å². The van der Waals surface area contributed by atoms with Crippen molar-refractivity contribution in [2.45, 2.75) is 30.9 Å². The normalized spacial score (nSPS) is 11.8. The molecular weight excluding hydrogens is 562 g/mol. The Morgan fingerprint density at radius 3 is 2.46 bits per heavy atom. The van der Waals surface area contributed by atoms with E-state index in [4.69, 9.17) is 4.74 Å². The third-order valence-electron chi connectivity index (χ3n) is 5.49. The molecule has 1 atom stereocenters. The minimum Gasteiger partial charge on any atom is -0.488 e. The fourth-order valence-electron chi connectivity index (χ4n) is 3.64. The summed E-state index contributed by atoms with van der Waals surface area (Å²) < 4.78 is 8.33. The van der Waals surface area contributed by atoms with E-state index in [2.05, 4.69) is 26.1 Å². The Kier molecular flexibility index (Phi) is 8.19. The second kappa shape index (κ2) is 11.5. The van der Waals surface area contributed by atoms with Crippen molar-refractivity contribution in [2.24, 2.45) is 0 Å². The molecule has 0 aliphatic carbocycles. The van der Waals surface area contributed by atoms with Gasteiger partial charge >= 0.3 is 0 Å². The fraction of sp³-hybridized carbons (Fsp3) is 0.200. The molecule has 12 heteroatoms. The summed E-state index contributed by atoms with van der Waals surface area (Å²) in [4.78, 5) is 21.7. The molecule has 1 heterocycles. The van der Waals surface area contributed by atoms with E-state index in [0.29, 0.717) is 32.3 Å². The number of halogens is 1. The number of aryl methyl sites for hydroxylation is 2. The molecule has 0 spiro atoms. The number of nitro benzene ring substituents is 1. The number of ether oxygens (including phenoxy) is 1. The van der Waals surface area contributed by atoms with Crippen LogP contribution in [0.25, 0.3) is 5.69 Å². The van der Waals surface area contributed by atoms with Crippen LogP contribution in [0.2, 0.25) is 0 Å². The summed E-state index contributed by atoms with van der Waals surface area (Å²) in [6.07, 6.45) is 0. The van der Waals surface area contributed by atoms with Crippen molar-refractivity contribution in [3.8, 4) is 11.4 Å². The minimum absolute atomic E-state index is 0.0103. The van der Waals surface area contributed by atoms with E-state index in [1.165, 1.54) is 23.9 Å². The maximum atomic E-state index is 11.5. The molecule has 0 saturated carbocycles. The molecule has 3 aromatic carbocycles. The van der Waals surface area contributed by atoms with Crippen LogP contribution in [0, 0.1) is 34.1 Å². The average molecular weight is 584 g/mol. The van der Waals surface area contributed by atoms with Crippen LogP contribution in [-0.4, -0.2) is 31.2 Å². The van der Waals surface area contributed by atoms with Gasteiger partial charge in [0.2, 0.25) is 6.54 Å². The maximum absolute atomic E-state index is 11.5. The van der Waals surface area contributed by atoms with Crippen molar-refractivity contribution in [1.82, 2.24) is 14.8 Å². The summed E-state index contributed by atoms with van der Waals surface area (Å²) in [5.41, 5.74) is 3.35. The van der Waals surface area contributed by atoms with Gasteiger partial charge in [-0.2, -0.15) is 0 Å². The number of rotatable bonds is 10. The number of non-ortho nitro benzene ring substituents is 1. The highest BCUT2D eigenvalue weighted by atomic mass is 79.9. The lowest BCUT2D eigenvalue weighted by Crippen LogP contribution is -2.11. The first kappa shape index (κ1) is 26.3. The Bertz CT molecular complexity index is 1440. The van der Waals surface area contributed by atoms with Gasteiger partial charge in [-0.15, -0.1) is 10.2 Å². The molecule has 0 amide bonds. The van der Waals surface area contributed by atoms with Gasteiger partial charge in [0.25, 0.3) is 5.69 Å². The lowest BCUT2D eigenvalue weighted by Gasteiger charge is -2.16. The van der Waals surface area contributed by atoms with Crippen molar-refractivity contribution in [2.75, 3.05) is 6.54 Å². The van der Waals surface area contributed by atoms with E-state index >= 15 is 0 Å². The molecule has 37 heavy (non-hydrogen) atoms. The van der Waals surface area contributed by atoms with Crippen molar-refractivity contribution >= 4 is 33.4 Å². The Morgan fingerprint density at radius 1 is 1.03 bits per heavy atom. The van der Waals surface area contributed by atoms with Gasteiger partial charge in [0, 0.05) is 22.7 Å². The largest absolute Gasteiger partial charge is 0.488 e. The standard InChI is InChI=1S/C25H22BrN5O5S/c1-16-6-9-20(10-7-16)30-17(2)27-28-25(30)37-24(14-29(32)33)19-8-11-23(22(26)13-19)36-15-18-4-3-5-21(12-18)31(34)35/h3-13,24H,14-15H2,1-2H3/t24-/m1/s1. The molecule has 4 rings (SSSR count). The second-order valence-corrected chi connectivity index (χ2v) is 10.3. The average Bonchev–Trinajstić information content (AvgIpc) is 3.23. The molecule has 0 radical (unpaired) electrons. The number of hydrogen-bond acceptors (Lipinski definition) is 8. The van der Waals surface area contributed by atoms with Crippen LogP contribution < -0.4 is 4.74 Å². The zero-order valence-corrected chi connectivity index (χ0v) is 22.3. The van der Waals surface area contributed by atoms with Crippen molar-refractivity contribution < 1.29 is 14.6 Å². The molecular formula is C25H22BrN5O5S. The van der Waals surface area contributed by atoms with Crippen LogP contribution in [0.4, 0.5) is 5.69 Å². The Morgan fingerprint density at radius 2 is 1.78 bits per heavy atom. The molecule has 1 aromatic heterocycles. The topological polar surface area (TPSA) is 126 Å². The van der Waals surface area contributed by atoms with Crippen LogP contribution in [-0.2, 0) is 6.61 Å². The van der Waals surface area contributed by atoms with E-state index in [0.717, 1.165) is 11.3 Å². The summed E-state index contributed by atoms with van der Waals surface area (Å²) in [6, 6.07) is 19.4. The van der Waals surface area contributed by atoms with Gasteiger partial charge in [-0.1, -0.05) is 47.7 Å². The zero-order chi connectivity index (χ0) is 26.5. The van der Waals surface area contributed by atoms with E-state index in [9.17, 15) is 20.2 Å². The van der Waals surface area contributed by atoms with Gasteiger partial charge < -0.3 is 4.74 Å². The number of thioether (sulfide) groups is 1. The first-order chi connectivity index (χ1) is 17.7. The summed E-state index contributed by atoms with van der Waals surface area (Å²) in [7, 11) is 0. The monoisotopic (exact) mass is 583 g/mol. The Labute approximate surface area is 225 Å². The van der Waals surface area contributed by atoms with E-state index in [1.807, 2.05) is 42.7 Å².